The predicted octanol–water partition coefficient (Wildman–Crippen LogP) is 2.59. The van der Waals surface area contributed by atoms with Crippen LogP contribution in [-0.4, -0.2) is 13.1 Å². The van der Waals surface area contributed by atoms with Gasteiger partial charge in [-0.15, -0.1) is 12.4 Å². The van der Waals surface area contributed by atoms with Crippen molar-refractivity contribution in [3.8, 4) is 6.07 Å². The second kappa shape index (κ2) is 5.83. The van der Waals surface area contributed by atoms with Gasteiger partial charge in [0.15, 0.2) is 0 Å². The fraction of sp³-hybridized carbons (Fsp3) is 0.417. The molecule has 0 saturated carbocycles. The van der Waals surface area contributed by atoms with Crippen molar-refractivity contribution in [3.63, 3.8) is 0 Å². The van der Waals surface area contributed by atoms with Gasteiger partial charge in [-0.2, -0.15) is 5.26 Å². The van der Waals surface area contributed by atoms with E-state index in [-0.39, 0.29) is 18.0 Å². The van der Waals surface area contributed by atoms with E-state index in [0.717, 1.165) is 31.5 Å². The first-order chi connectivity index (χ1) is 7.31. The summed E-state index contributed by atoms with van der Waals surface area (Å²) >= 11 is 0. The molecular formula is C12H14ClFN2. The first kappa shape index (κ1) is 13.0. The molecule has 1 fully saturated rings. The van der Waals surface area contributed by atoms with Gasteiger partial charge in [0.05, 0.1) is 5.56 Å². The molecule has 0 spiro atoms. The van der Waals surface area contributed by atoms with Crippen molar-refractivity contribution in [1.29, 1.82) is 5.26 Å². The van der Waals surface area contributed by atoms with E-state index < -0.39 is 5.82 Å². The van der Waals surface area contributed by atoms with Crippen LogP contribution in [0.15, 0.2) is 18.2 Å². The van der Waals surface area contributed by atoms with Gasteiger partial charge >= 0.3 is 0 Å². The Morgan fingerprint density at radius 3 is 2.56 bits per heavy atom. The molecule has 16 heavy (non-hydrogen) atoms. The molecule has 0 unspecified atom stereocenters. The van der Waals surface area contributed by atoms with Gasteiger partial charge in [-0.1, -0.05) is 6.07 Å². The van der Waals surface area contributed by atoms with Crippen molar-refractivity contribution in [1.82, 2.24) is 5.32 Å². The van der Waals surface area contributed by atoms with Crippen molar-refractivity contribution in [2.75, 3.05) is 13.1 Å². The number of benzene rings is 1. The van der Waals surface area contributed by atoms with Crippen LogP contribution in [0.2, 0.25) is 0 Å². The molecule has 1 heterocycles. The van der Waals surface area contributed by atoms with Crippen LogP contribution in [0.4, 0.5) is 4.39 Å². The highest BCUT2D eigenvalue weighted by molar-refractivity contribution is 5.85. The Bertz CT molecular complexity index is 394. The van der Waals surface area contributed by atoms with E-state index in [9.17, 15) is 4.39 Å². The van der Waals surface area contributed by atoms with E-state index in [4.69, 9.17) is 5.26 Å². The highest BCUT2D eigenvalue weighted by atomic mass is 35.5. The molecule has 1 N–H and O–H groups in total. The number of nitriles is 1. The molecule has 1 aliphatic heterocycles. The molecule has 0 amide bonds. The smallest absolute Gasteiger partial charge is 0.141 e. The molecule has 2 rings (SSSR count). The minimum absolute atomic E-state index is 0. The Hall–Kier alpha value is -1.11. The summed E-state index contributed by atoms with van der Waals surface area (Å²) < 4.78 is 13.4. The highest BCUT2D eigenvalue weighted by Gasteiger charge is 2.16. The van der Waals surface area contributed by atoms with Crippen LogP contribution in [0.3, 0.4) is 0 Å². The van der Waals surface area contributed by atoms with E-state index in [2.05, 4.69) is 5.32 Å². The lowest BCUT2D eigenvalue weighted by Gasteiger charge is -2.22. The molecular weight excluding hydrogens is 227 g/mol. The fourth-order valence-corrected chi connectivity index (χ4v) is 2.03. The topological polar surface area (TPSA) is 35.8 Å². The van der Waals surface area contributed by atoms with Crippen LogP contribution < -0.4 is 5.32 Å². The summed E-state index contributed by atoms with van der Waals surface area (Å²) in [6, 6.07) is 6.80. The largest absolute Gasteiger partial charge is 0.317 e. The summed E-state index contributed by atoms with van der Waals surface area (Å²) in [6.45, 7) is 1.98. The maximum absolute atomic E-state index is 13.4. The Morgan fingerprint density at radius 1 is 1.31 bits per heavy atom. The van der Waals surface area contributed by atoms with E-state index in [0.29, 0.717) is 5.92 Å². The van der Waals surface area contributed by atoms with Gasteiger partial charge in [0.2, 0.25) is 0 Å². The van der Waals surface area contributed by atoms with Crippen molar-refractivity contribution in [2.45, 2.75) is 18.8 Å². The summed E-state index contributed by atoms with van der Waals surface area (Å²) in [4.78, 5) is 0. The van der Waals surface area contributed by atoms with Gasteiger partial charge in [-0.05, 0) is 49.5 Å². The molecule has 1 saturated heterocycles. The molecule has 0 bridgehead atoms. The minimum atomic E-state index is -0.395. The Balaban J connectivity index is 0.00000128. The average molecular weight is 241 g/mol. The van der Waals surface area contributed by atoms with E-state index in [1.807, 2.05) is 12.1 Å². The Labute approximate surface area is 101 Å². The van der Waals surface area contributed by atoms with Gasteiger partial charge in [0.1, 0.15) is 11.9 Å². The molecule has 1 aromatic rings. The lowest BCUT2D eigenvalue weighted by atomic mass is 9.90. The molecule has 1 aromatic carbocycles. The number of hydrogen-bond acceptors (Lipinski definition) is 2. The summed E-state index contributed by atoms with van der Waals surface area (Å²) in [6.07, 6.45) is 2.09. The van der Waals surface area contributed by atoms with Gasteiger partial charge < -0.3 is 5.32 Å². The van der Waals surface area contributed by atoms with Crippen molar-refractivity contribution in [2.24, 2.45) is 0 Å². The lowest BCUT2D eigenvalue weighted by Crippen LogP contribution is -2.26. The fourth-order valence-electron chi connectivity index (χ4n) is 2.03. The quantitative estimate of drug-likeness (QED) is 0.819. The SMILES string of the molecule is Cl.N#Cc1ccc(C2CCNCC2)cc1F. The maximum atomic E-state index is 13.4. The number of hydrogen-bond donors (Lipinski definition) is 1. The van der Waals surface area contributed by atoms with E-state index in [1.165, 1.54) is 6.07 Å². The first-order valence-corrected chi connectivity index (χ1v) is 5.21. The molecule has 0 atom stereocenters. The zero-order valence-electron chi connectivity index (χ0n) is 8.87. The van der Waals surface area contributed by atoms with Gasteiger partial charge in [0.25, 0.3) is 0 Å². The lowest BCUT2D eigenvalue weighted by molar-refractivity contribution is 0.458. The molecule has 0 aromatic heterocycles. The standard InChI is InChI=1S/C12H13FN2.ClH/c13-12-7-10(1-2-11(12)8-14)9-3-5-15-6-4-9;/h1-2,7,9,15H,3-6H2;1H. The molecule has 0 radical (unpaired) electrons. The monoisotopic (exact) mass is 240 g/mol. The van der Waals surface area contributed by atoms with Crippen molar-refractivity contribution < 1.29 is 4.39 Å². The van der Waals surface area contributed by atoms with Crippen molar-refractivity contribution >= 4 is 12.4 Å². The summed E-state index contributed by atoms with van der Waals surface area (Å²) in [5.41, 5.74) is 1.15. The van der Waals surface area contributed by atoms with Crippen LogP contribution in [0.5, 0.6) is 0 Å². The van der Waals surface area contributed by atoms with Crippen LogP contribution in [-0.2, 0) is 0 Å². The summed E-state index contributed by atoms with van der Waals surface area (Å²) in [5, 5.41) is 11.9. The minimum Gasteiger partial charge on any atom is -0.317 e. The van der Waals surface area contributed by atoms with Gasteiger partial charge in [-0.3, -0.25) is 0 Å². The number of piperidine rings is 1. The first-order valence-electron chi connectivity index (χ1n) is 5.21. The Kier molecular flexibility index (Phi) is 4.72. The zero-order valence-corrected chi connectivity index (χ0v) is 9.69. The zero-order chi connectivity index (χ0) is 10.7. The molecule has 2 nitrogen and oxygen atoms in total. The average Bonchev–Trinajstić information content (AvgIpc) is 2.30. The predicted molar refractivity (Wildman–Crippen MR) is 63.2 cm³/mol. The van der Waals surface area contributed by atoms with Crippen molar-refractivity contribution in [3.05, 3.63) is 35.1 Å². The van der Waals surface area contributed by atoms with Gasteiger partial charge in [-0.25, -0.2) is 4.39 Å². The van der Waals surface area contributed by atoms with Gasteiger partial charge in [0, 0.05) is 0 Å². The maximum Gasteiger partial charge on any atom is 0.141 e. The van der Waals surface area contributed by atoms with Crippen LogP contribution in [0.25, 0.3) is 0 Å². The summed E-state index contributed by atoms with van der Waals surface area (Å²) in [7, 11) is 0. The highest BCUT2D eigenvalue weighted by Crippen LogP contribution is 2.26. The third kappa shape index (κ3) is 2.72. The van der Waals surface area contributed by atoms with Crippen LogP contribution in [0.1, 0.15) is 29.9 Å². The third-order valence-electron chi connectivity index (χ3n) is 2.92. The second-order valence-corrected chi connectivity index (χ2v) is 3.88. The number of halogens is 2. The molecule has 1 aliphatic rings. The van der Waals surface area contributed by atoms with E-state index in [1.54, 1.807) is 6.07 Å². The van der Waals surface area contributed by atoms with E-state index >= 15 is 0 Å². The molecule has 86 valence electrons. The number of rotatable bonds is 1. The molecule has 4 heteroatoms. The second-order valence-electron chi connectivity index (χ2n) is 3.88. The van der Waals surface area contributed by atoms with Crippen LogP contribution >= 0.6 is 12.4 Å². The number of nitrogens with one attached hydrogen (secondary N) is 1. The van der Waals surface area contributed by atoms with Crippen LogP contribution in [0, 0.1) is 17.1 Å². The Morgan fingerprint density at radius 2 is 2.00 bits per heavy atom. The molecule has 0 aliphatic carbocycles. The third-order valence-corrected chi connectivity index (χ3v) is 2.92. The number of nitrogens with zero attached hydrogens (tertiary/aromatic N) is 1. The normalized spacial score (nSPS) is 16.2. The summed E-state index contributed by atoms with van der Waals surface area (Å²) in [5.74, 6) is 0.0435.